The maximum atomic E-state index is 9.25. The summed E-state index contributed by atoms with van der Waals surface area (Å²) >= 11 is 5.93. The molecule has 2 heterocycles. The molecule has 0 bridgehead atoms. The number of nitrogens with one attached hydrogen (secondary N) is 2. The summed E-state index contributed by atoms with van der Waals surface area (Å²) < 4.78 is 0. The second kappa shape index (κ2) is 6.86. The van der Waals surface area contributed by atoms with Gasteiger partial charge in [0.25, 0.3) is 0 Å². The van der Waals surface area contributed by atoms with E-state index in [1.54, 1.807) is 16.9 Å². The first-order valence-electron chi connectivity index (χ1n) is 7.88. The summed E-state index contributed by atoms with van der Waals surface area (Å²) in [5, 5.41) is 35.4. The van der Waals surface area contributed by atoms with Crippen molar-refractivity contribution in [2.24, 2.45) is 0 Å². The number of halogens is 1. The number of aromatic amines is 1. The molecule has 9 nitrogen and oxygen atoms in total. The van der Waals surface area contributed by atoms with Gasteiger partial charge in [-0.2, -0.15) is 15.3 Å². The van der Waals surface area contributed by atoms with E-state index in [0.29, 0.717) is 10.5 Å². The molecule has 0 radical (unpaired) electrons. The molecule has 4 rings (SSSR count). The zero-order valence-electron chi connectivity index (χ0n) is 14.0. The van der Waals surface area contributed by atoms with Crippen molar-refractivity contribution in [3.05, 3.63) is 59.0 Å². The lowest BCUT2D eigenvalue weighted by molar-refractivity contribution is 0.766. The predicted octanol–water partition coefficient (Wildman–Crippen LogP) is 2.87. The molecule has 27 heavy (non-hydrogen) atoms. The van der Waals surface area contributed by atoms with Crippen molar-refractivity contribution in [2.75, 3.05) is 5.32 Å². The molecule has 0 amide bonds. The fourth-order valence-electron chi connectivity index (χ4n) is 2.49. The van der Waals surface area contributed by atoms with Gasteiger partial charge in [-0.3, -0.25) is 0 Å². The molecule has 0 saturated carbocycles. The van der Waals surface area contributed by atoms with E-state index >= 15 is 0 Å². The van der Waals surface area contributed by atoms with Gasteiger partial charge in [-0.15, -0.1) is 20.4 Å². The third kappa shape index (κ3) is 3.33. The van der Waals surface area contributed by atoms with Gasteiger partial charge in [0.15, 0.2) is 0 Å². The van der Waals surface area contributed by atoms with E-state index in [9.17, 15) is 5.26 Å². The molecule has 0 aliphatic rings. The third-order valence-electron chi connectivity index (χ3n) is 3.86. The summed E-state index contributed by atoms with van der Waals surface area (Å²) in [7, 11) is 0. The number of fused-ring (bicyclic) bond motifs is 1. The number of tetrazole rings is 1. The third-order valence-corrected chi connectivity index (χ3v) is 4.11. The lowest BCUT2D eigenvalue weighted by Crippen LogP contribution is -1.97. The Balaban J connectivity index is 1.67. The molecule has 2 aromatic carbocycles. The molecule has 0 fully saturated rings. The fraction of sp³-hybridized carbons (Fsp3) is 0.0588. The Kier molecular flexibility index (Phi) is 4.24. The number of aryl methyl sites for hydroxylation is 1. The van der Waals surface area contributed by atoms with Crippen LogP contribution in [0.1, 0.15) is 11.4 Å². The smallest absolute Gasteiger partial charge is 0.216 e. The van der Waals surface area contributed by atoms with Gasteiger partial charge in [0.05, 0.1) is 5.69 Å². The van der Waals surface area contributed by atoms with Crippen LogP contribution in [0.4, 0.5) is 5.69 Å². The topological polar surface area (TPSA) is 121 Å². The highest BCUT2D eigenvalue weighted by Gasteiger charge is 2.10. The van der Waals surface area contributed by atoms with Crippen LogP contribution in [0.2, 0.25) is 5.02 Å². The monoisotopic (exact) mass is 377 g/mol. The molecule has 0 saturated heterocycles. The number of nitriles is 1. The first kappa shape index (κ1) is 16.7. The summed E-state index contributed by atoms with van der Waals surface area (Å²) in [5.41, 5.74) is 4.29. The second-order valence-electron chi connectivity index (χ2n) is 5.67. The number of aromatic nitrogens is 7. The van der Waals surface area contributed by atoms with Crippen LogP contribution in [0.5, 0.6) is 0 Å². The van der Waals surface area contributed by atoms with Gasteiger partial charge >= 0.3 is 0 Å². The number of benzene rings is 2. The lowest BCUT2D eigenvalue weighted by Gasteiger charge is -2.05. The molecule has 0 unspecified atom stereocenters. The molecule has 132 valence electrons. The van der Waals surface area contributed by atoms with E-state index < -0.39 is 0 Å². The van der Waals surface area contributed by atoms with Gasteiger partial charge in [-0.05, 0) is 54.1 Å². The average molecular weight is 378 g/mol. The van der Waals surface area contributed by atoms with Gasteiger partial charge in [0.2, 0.25) is 5.82 Å². The summed E-state index contributed by atoms with van der Waals surface area (Å²) in [6.45, 7) is 1.94. The van der Waals surface area contributed by atoms with Crippen molar-refractivity contribution in [3.8, 4) is 11.8 Å². The molecule has 2 aromatic heterocycles. The van der Waals surface area contributed by atoms with Crippen molar-refractivity contribution in [3.63, 3.8) is 0 Å². The standard InChI is InChI=1S/C17H12ClN9/c1-10-6-15-16(24-27(23-15)13-4-2-12(18)3-5-13)7-14(10)20-9-11(8-19)17-21-25-26-22-17/h2-7,9,20H,1H3,(H,21,22,25,26). The number of nitrogens with zero attached hydrogens (tertiary/aromatic N) is 7. The SMILES string of the molecule is Cc1cc2nn(-c3ccc(Cl)cc3)nc2cc1NC=C(C#N)c1nn[nH]n1. The highest BCUT2D eigenvalue weighted by atomic mass is 35.5. The number of allylic oxidation sites excluding steroid dienone is 1. The van der Waals surface area contributed by atoms with Gasteiger partial charge in [-0.25, -0.2) is 0 Å². The van der Waals surface area contributed by atoms with E-state index in [0.717, 1.165) is 22.5 Å². The van der Waals surface area contributed by atoms with Crippen LogP contribution >= 0.6 is 11.6 Å². The number of hydrogen-bond donors (Lipinski definition) is 2. The Labute approximate surface area is 158 Å². The molecule has 4 aromatic rings. The van der Waals surface area contributed by atoms with Crippen LogP contribution in [-0.2, 0) is 0 Å². The Morgan fingerprint density at radius 1 is 1.22 bits per heavy atom. The minimum absolute atomic E-state index is 0.220. The van der Waals surface area contributed by atoms with E-state index in [1.165, 1.54) is 6.20 Å². The normalized spacial score (nSPS) is 11.5. The van der Waals surface area contributed by atoms with Crippen LogP contribution in [-0.4, -0.2) is 35.6 Å². The molecular formula is C17H12ClN9. The number of hydrogen-bond acceptors (Lipinski definition) is 7. The molecule has 2 N–H and O–H groups in total. The van der Waals surface area contributed by atoms with Crippen LogP contribution in [0.15, 0.2) is 42.6 Å². The summed E-state index contributed by atoms with van der Waals surface area (Å²) in [6, 6.07) is 13.1. The number of H-pyrrole nitrogens is 1. The van der Waals surface area contributed by atoms with Crippen molar-refractivity contribution in [1.29, 1.82) is 5.26 Å². The lowest BCUT2D eigenvalue weighted by atomic mass is 10.1. The van der Waals surface area contributed by atoms with Crippen molar-refractivity contribution >= 4 is 33.9 Å². The summed E-state index contributed by atoms with van der Waals surface area (Å²) in [5.74, 6) is 0.220. The maximum absolute atomic E-state index is 9.25. The highest BCUT2D eigenvalue weighted by molar-refractivity contribution is 6.30. The zero-order valence-corrected chi connectivity index (χ0v) is 14.8. The van der Waals surface area contributed by atoms with Gasteiger partial charge < -0.3 is 5.32 Å². The van der Waals surface area contributed by atoms with Gasteiger partial charge in [0.1, 0.15) is 22.7 Å². The number of rotatable bonds is 4. The summed E-state index contributed by atoms with van der Waals surface area (Å²) in [6.07, 6.45) is 1.53. The van der Waals surface area contributed by atoms with Crippen LogP contribution < -0.4 is 5.32 Å². The van der Waals surface area contributed by atoms with Gasteiger partial charge in [0, 0.05) is 16.9 Å². The zero-order chi connectivity index (χ0) is 18.8. The molecule has 10 heteroatoms. The summed E-state index contributed by atoms with van der Waals surface area (Å²) in [4.78, 5) is 1.56. The van der Waals surface area contributed by atoms with Gasteiger partial charge in [-0.1, -0.05) is 11.6 Å². The first-order chi connectivity index (χ1) is 13.1. The van der Waals surface area contributed by atoms with Crippen LogP contribution in [0, 0.1) is 18.3 Å². The van der Waals surface area contributed by atoms with Crippen LogP contribution in [0.25, 0.3) is 22.3 Å². The van der Waals surface area contributed by atoms with E-state index in [1.807, 2.05) is 37.3 Å². The Morgan fingerprint density at radius 3 is 2.63 bits per heavy atom. The largest absolute Gasteiger partial charge is 0.360 e. The number of anilines is 1. The molecule has 0 spiro atoms. The van der Waals surface area contributed by atoms with Crippen molar-refractivity contribution < 1.29 is 0 Å². The quantitative estimate of drug-likeness (QED) is 0.524. The van der Waals surface area contributed by atoms with E-state index in [4.69, 9.17) is 11.6 Å². The molecule has 0 aliphatic carbocycles. The van der Waals surface area contributed by atoms with E-state index in [2.05, 4.69) is 36.1 Å². The average Bonchev–Trinajstić information content (AvgIpc) is 3.33. The Morgan fingerprint density at radius 2 is 1.96 bits per heavy atom. The Bertz CT molecular complexity index is 1170. The second-order valence-corrected chi connectivity index (χ2v) is 6.11. The molecule has 0 aliphatic heterocycles. The van der Waals surface area contributed by atoms with Crippen molar-refractivity contribution in [1.82, 2.24) is 35.6 Å². The predicted molar refractivity (Wildman–Crippen MR) is 100 cm³/mol. The van der Waals surface area contributed by atoms with E-state index in [-0.39, 0.29) is 11.4 Å². The fourth-order valence-corrected chi connectivity index (χ4v) is 2.61. The van der Waals surface area contributed by atoms with Crippen molar-refractivity contribution in [2.45, 2.75) is 6.92 Å². The minimum atomic E-state index is 0.220. The van der Waals surface area contributed by atoms with Crippen LogP contribution in [0.3, 0.4) is 0 Å². The first-order valence-corrected chi connectivity index (χ1v) is 8.26. The molecule has 0 atom stereocenters. The highest BCUT2D eigenvalue weighted by Crippen LogP contribution is 2.23. The minimum Gasteiger partial charge on any atom is -0.360 e. The molecular weight excluding hydrogens is 366 g/mol. The Hall–Kier alpha value is -3.77. The maximum Gasteiger partial charge on any atom is 0.216 e.